The number of aliphatic hydroxyl groups is 1. The van der Waals surface area contributed by atoms with Gasteiger partial charge in [0.25, 0.3) is 0 Å². The van der Waals surface area contributed by atoms with Crippen molar-refractivity contribution < 1.29 is 14.6 Å². The molecule has 2 aromatic rings. The van der Waals surface area contributed by atoms with Gasteiger partial charge in [-0.2, -0.15) is 0 Å². The normalized spacial score (nSPS) is 19.5. The summed E-state index contributed by atoms with van der Waals surface area (Å²) < 4.78 is 12.0. The van der Waals surface area contributed by atoms with E-state index in [2.05, 4.69) is 41.8 Å². The van der Waals surface area contributed by atoms with Crippen LogP contribution < -0.4 is 14.4 Å². The van der Waals surface area contributed by atoms with Gasteiger partial charge in [-0.3, -0.25) is 4.90 Å². The van der Waals surface area contributed by atoms with Crippen molar-refractivity contribution in [1.29, 1.82) is 0 Å². The molecule has 0 amide bonds. The largest absolute Gasteiger partial charge is 0.487 e. The zero-order chi connectivity index (χ0) is 20.4. The number of fused-ring (bicyclic) bond motifs is 1. The summed E-state index contributed by atoms with van der Waals surface area (Å²) in [5.74, 6) is 1.54. The molecule has 2 heterocycles. The van der Waals surface area contributed by atoms with Crippen LogP contribution in [-0.2, 0) is 6.42 Å². The molecule has 0 spiro atoms. The number of halogens is 1. The van der Waals surface area contributed by atoms with Crippen LogP contribution in [0.2, 0.25) is 5.02 Å². The van der Waals surface area contributed by atoms with Crippen molar-refractivity contribution in [3.8, 4) is 11.5 Å². The first-order chi connectivity index (χ1) is 13.9. The third kappa shape index (κ3) is 4.97. The number of nitrogens with zero attached hydrogens (tertiary/aromatic N) is 2. The van der Waals surface area contributed by atoms with E-state index in [0.717, 1.165) is 49.1 Å². The molecule has 0 bridgehead atoms. The third-order valence-electron chi connectivity index (χ3n) is 5.52. The summed E-state index contributed by atoms with van der Waals surface area (Å²) in [5.41, 5.74) is 2.16. The lowest BCUT2D eigenvalue weighted by atomic mass is 10.0. The van der Waals surface area contributed by atoms with E-state index in [0.29, 0.717) is 6.54 Å². The Labute approximate surface area is 177 Å². The molecule has 2 aromatic carbocycles. The minimum absolute atomic E-state index is 0.204. The summed E-state index contributed by atoms with van der Waals surface area (Å²) in [4.78, 5) is 4.64. The molecule has 0 aromatic heterocycles. The number of ether oxygens (including phenoxy) is 2. The average molecular weight is 417 g/mol. The van der Waals surface area contributed by atoms with Crippen molar-refractivity contribution in [3.63, 3.8) is 0 Å². The summed E-state index contributed by atoms with van der Waals surface area (Å²) in [6.45, 7) is 8.72. The minimum atomic E-state index is -0.539. The van der Waals surface area contributed by atoms with Gasteiger partial charge in [0.05, 0.1) is 0 Å². The highest BCUT2D eigenvalue weighted by Gasteiger charge is 2.32. The minimum Gasteiger partial charge on any atom is -0.487 e. The lowest BCUT2D eigenvalue weighted by Gasteiger charge is -2.36. The molecule has 0 saturated carbocycles. The number of β-amino-alcohol motifs (C(OH)–C–C–N with tert-alkyl or cyclic N) is 1. The Balaban J connectivity index is 1.25. The topological polar surface area (TPSA) is 45.2 Å². The molecular weight excluding hydrogens is 388 g/mol. The fourth-order valence-corrected chi connectivity index (χ4v) is 4.20. The number of para-hydroxylation sites is 1. The van der Waals surface area contributed by atoms with Gasteiger partial charge in [0.2, 0.25) is 0 Å². The van der Waals surface area contributed by atoms with Gasteiger partial charge in [-0.15, -0.1) is 0 Å². The monoisotopic (exact) mass is 416 g/mol. The number of hydrogen-bond donors (Lipinski definition) is 1. The maximum Gasteiger partial charge on any atom is 0.165 e. The zero-order valence-corrected chi connectivity index (χ0v) is 17.9. The molecule has 6 heteroatoms. The maximum absolute atomic E-state index is 10.5. The van der Waals surface area contributed by atoms with Crippen molar-refractivity contribution in [1.82, 2.24) is 4.90 Å². The van der Waals surface area contributed by atoms with Crippen LogP contribution in [0.4, 0.5) is 5.69 Å². The molecule has 1 unspecified atom stereocenters. The summed E-state index contributed by atoms with van der Waals surface area (Å²) in [5, 5.41) is 11.2. The van der Waals surface area contributed by atoms with Crippen molar-refractivity contribution >= 4 is 17.3 Å². The van der Waals surface area contributed by atoms with Crippen LogP contribution >= 0.6 is 11.6 Å². The molecule has 2 aliphatic rings. The molecule has 29 heavy (non-hydrogen) atoms. The van der Waals surface area contributed by atoms with E-state index in [-0.39, 0.29) is 12.2 Å². The number of hydrogen-bond acceptors (Lipinski definition) is 5. The molecular formula is C23H29ClN2O3. The fraction of sp³-hybridized carbons (Fsp3) is 0.478. The predicted octanol–water partition coefficient (Wildman–Crippen LogP) is 3.62. The number of rotatable bonds is 6. The van der Waals surface area contributed by atoms with E-state index in [1.54, 1.807) is 0 Å². The van der Waals surface area contributed by atoms with Crippen LogP contribution in [-0.4, -0.2) is 61.0 Å². The standard InChI is InChI=1S/C23H29ClN2O3/c1-23(2)14-17-4-3-5-21(22(17)29-23)28-16-20(27)15-25-10-12-26(13-11-25)19-8-6-18(24)7-9-19/h3-9,20,27H,10-16H2,1-2H3. The molecule has 0 radical (unpaired) electrons. The Bertz CT molecular complexity index is 833. The van der Waals surface area contributed by atoms with Crippen LogP contribution in [0.15, 0.2) is 42.5 Å². The number of piperazine rings is 1. The van der Waals surface area contributed by atoms with E-state index in [4.69, 9.17) is 21.1 Å². The number of benzene rings is 2. The SMILES string of the molecule is CC1(C)Cc2cccc(OCC(O)CN3CCN(c4ccc(Cl)cc4)CC3)c2O1. The Kier molecular flexibility index (Phi) is 5.91. The lowest BCUT2D eigenvalue weighted by Crippen LogP contribution is -2.49. The van der Waals surface area contributed by atoms with Gasteiger partial charge in [-0.1, -0.05) is 23.7 Å². The highest BCUT2D eigenvalue weighted by atomic mass is 35.5. The lowest BCUT2D eigenvalue weighted by molar-refractivity contribution is 0.0632. The Morgan fingerprint density at radius 3 is 2.55 bits per heavy atom. The van der Waals surface area contributed by atoms with E-state index in [9.17, 15) is 5.11 Å². The van der Waals surface area contributed by atoms with Crippen LogP contribution in [0.5, 0.6) is 11.5 Å². The second-order valence-corrected chi connectivity index (χ2v) is 8.95. The zero-order valence-electron chi connectivity index (χ0n) is 17.1. The van der Waals surface area contributed by atoms with Crippen LogP contribution in [0, 0.1) is 0 Å². The first-order valence-corrected chi connectivity index (χ1v) is 10.6. The van der Waals surface area contributed by atoms with Gasteiger partial charge < -0.3 is 19.5 Å². The molecule has 4 rings (SSSR count). The molecule has 2 aliphatic heterocycles. The van der Waals surface area contributed by atoms with Crippen LogP contribution in [0.3, 0.4) is 0 Å². The van der Waals surface area contributed by atoms with E-state index in [1.807, 2.05) is 24.3 Å². The molecule has 1 fully saturated rings. The summed E-state index contributed by atoms with van der Waals surface area (Å²) >= 11 is 5.98. The van der Waals surface area contributed by atoms with Gasteiger partial charge in [0.15, 0.2) is 11.5 Å². The summed E-state index contributed by atoms with van der Waals surface area (Å²) in [6, 6.07) is 13.9. The molecule has 0 aliphatic carbocycles. The molecule has 1 N–H and O–H groups in total. The third-order valence-corrected chi connectivity index (χ3v) is 5.77. The van der Waals surface area contributed by atoms with Gasteiger partial charge in [0, 0.05) is 55.4 Å². The number of aliphatic hydroxyl groups excluding tert-OH is 1. The Hall–Kier alpha value is -1.95. The van der Waals surface area contributed by atoms with Crippen molar-refractivity contribution in [2.75, 3.05) is 44.2 Å². The van der Waals surface area contributed by atoms with Gasteiger partial charge in [-0.25, -0.2) is 0 Å². The Morgan fingerprint density at radius 1 is 1.10 bits per heavy atom. The second-order valence-electron chi connectivity index (χ2n) is 8.51. The highest BCUT2D eigenvalue weighted by molar-refractivity contribution is 6.30. The van der Waals surface area contributed by atoms with Gasteiger partial charge >= 0.3 is 0 Å². The predicted molar refractivity (Wildman–Crippen MR) is 116 cm³/mol. The van der Waals surface area contributed by atoms with Crippen LogP contribution in [0.25, 0.3) is 0 Å². The van der Waals surface area contributed by atoms with Crippen molar-refractivity contribution in [2.24, 2.45) is 0 Å². The van der Waals surface area contributed by atoms with E-state index >= 15 is 0 Å². The van der Waals surface area contributed by atoms with E-state index < -0.39 is 6.10 Å². The molecule has 1 saturated heterocycles. The second kappa shape index (κ2) is 8.42. The van der Waals surface area contributed by atoms with Gasteiger partial charge in [-0.05, 0) is 44.2 Å². The smallest absolute Gasteiger partial charge is 0.165 e. The first kappa shape index (κ1) is 20.3. The first-order valence-electron chi connectivity index (χ1n) is 10.2. The van der Waals surface area contributed by atoms with Crippen LogP contribution in [0.1, 0.15) is 19.4 Å². The van der Waals surface area contributed by atoms with E-state index in [1.165, 1.54) is 11.3 Å². The maximum atomic E-state index is 10.5. The molecule has 1 atom stereocenters. The summed E-state index contributed by atoms with van der Waals surface area (Å²) in [6.07, 6.45) is 0.335. The van der Waals surface area contributed by atoms with Crippen molar-refractivity contribution in [2.45, 2.75) is 32.0 Å². The Morgan fingerprint density at radius 2 is 1.83 bits per heavy atom. The molecule has 5 nitrogen and oxygen atoms in total. The quantitative estimate of drug-likeness (QED) is 0.779. The highest BCUT2D eigenvalue weighted by Crippen LogP contribution is 2.41. The van der Waals surface area contributed by atoms with Crippen molar-refractivity contribution in [3.05, 3.63) is 53.1 Å². The number of anilines is 1. The fourth-order valence-electron chi connectivity index (χ4n) is 4.08. The van der Waals surface area contributed by atoms with Gasteiger partial charge in [0.1, 0.15) is 18.3 Å². The average Bonchev–Trinajstić information content (AvgIpc) is 3.02. The molecule has 156 valence electrons. The summed E-state index contributed by atoms with van der Waals surface area (Å²) in [7, 11) is 0.